The van der Waals surface area contributed by atoms with Crippen molar-refractivity contribution >= 4 is 5.97 Å². The standard InChI is InChI=1S/C15H19F3N2O2/c1-11(14(21)22)20-7-5-19(6-8-20)10-12-3-2-4-13(9-12)15(16,17)18/h2-4,9,11H,5-8,10H2,1H3,(H,21,22)/t11-/m1/s1. The SMILES string of the molecule is C[C@H](C(=O)O)N1CCN(Cc2cccc(C(F)(F)F)c2)CC1. The predicted molar refractivity (Wildman–Crippen MR) is 75.4 cm³/mol. The molecular formula is C15H19F3N2O2. The maximum absolute atomic E-state index is 12.7. The van der Waals surface area contributed by atoms with Crippen LogP contribution in [0.25, 0.3) is 0 Å². The fourth-order valence-electron chi connectivity index (χ4n) is 2.57. The Bertz CT molecular complexity index is 526. The van der Waals surface area contributed by atoms with Gasteiger partial charge in [0.1, 0.15) is 6.04 Å². The Morgan fingerprint density at radius 1 is 1.27 bits per heavy atom. The summed E-state index contributed by atoms with van der Waals surface area (Å²) in [6, 6.07) is 4.81. The maximum atomic E-state index is 12.7. The summed E-state index contributed by atoms with van der Waals surface area (Å²) < 4.78 is 38.1. The van der Waals surface area contributed by atoms with Gasteiger partial charge in [0.05, 0.1) is 5.56 Å². The van der Waals surface area contributed by atoms with Crippen LogP contribution in [-0.2, 0) is 17.5 Å². The number of rotatable bonds is 4. The highest BCUT2D eigenvalue weighted by Crippen LogP contribution is 2.29. The molecule has 0 amide bonds. The first-order chi connectivity index (χ1) is 10.3. The molecule has 4 nitrogen and oxygen atoms in total. The molecule has 1 atom stereocenters. The Kier molecular flexibility index (Phi) is 5.08. The topological polar surface area (TPSA) is 43.8 Å². The van der Waals surface area contributed by atoms with Crippen molar-refractivity contribution in [1.29, 1.82) is 0 Å². The Morgan fingerprint density at radius 2 is 1.91 bits per heavy atom. The minimum Gasteiger partial charge on any atom is -0.480 e. The number of hydrogen-bond donors (Lipinski definition) is 1. The average molecular weight is 316 g/mol. The lowest BCUT2D eigenvalue weighted by Crippen LogP contribution is -2.51. The van der Waals surface area contributed by atoms with Crippen molar-refractivity contribution in [3.8, 4) is 0 Å². The molecule has 0 unspecified atom stereocenters. The third-order valence-electron chi connectivity index (χ3n) is 3.97. The molecule has 0 radical (unpaired) electrons. The van der Waals surface area contributed by atoms with Gasteiger partial charge in [0.25, 0.3) is 0 Å². The van der Waals surface area contributed by atoms with Crippen LogP contribution in [0.3, 0.4) is 0 Å². The zero-order valence-electron chi connectivity index (χ0n) is 12.3. The van der Waals surface area contributed by atoms with E-state index < -0.39 is 23.8 Å². The fourth-order valence-corrected chi connectivity index (χ4v) is 2.57. The van der Waals surface area contributed by atoms with Gasteiger partial charge in [-0.2, -0.15) is 13.2 Å². The molecule has 1 aliphatic rings. The Labute approximate surface area is 127 Å². The smallest absolute Gasteiger partial charge is 0.416 e. The molecule has 7 heteroatoms. The highest BCUT2D eigenvalue weighted by molar-refractivity contribution is 5.72. The van der Waals surface area contributed by atoms with Crippen LogP contribution in [0.15, 0.2) is 24.3 Å². The molecular weight excluding hydrogens is 297 g/mol. The lowest BCUT2D eigenvalue weighted by atomic mass is 10.1. The number of aliphatic carboxylic acids is 1. The molecule has 22 heavy (non-hydrogen) atoms. The minimum atomic E-state index is -4.33. The first-order valence-corrected chi connectivity index (χ1v) is 7.12. The van der Waals surface area contributed by atoms with Crippen molar-refractivity contribution in [2.24, 2.45) is 0 Å². The number of halogens is 3. The van der Waals surface area contributed by atoms with E-state index >= 15 is 0 Å². The Morgan fingerprint density at radius 3 is 2.45 bits per heavy atom. The molecule has 1 aromatic rings. The Balaban J connectivity index is 1.93. The highest BCUT2D eigenvalue weighted by atomic mass is 19.4. The van der Waals surface area contributed by atoms with E-state index in [1.54, 1.807) is 13.0 Å². The van der Waals surface area contributed by atoms with Crippen molar-refractivity contribution in [3.63, 3.8) is 0 Å². The van der Waals surface area contributed by atoms with E-state index in [0.717, 1.165) is 6.07 Å². The van der Waals surface area contributed by atoms with E-state index in [1.807, 2.05) is 9.80 Å². The molecule has 1 saturated heterocycles. The van der Waals surface area contributed by atoms with E-state index in [1.165, 1.54) is 12.1 Å². The first kappa shape index (κ1) is 16.8. The number of carboxylic acids is 1. The van der Waals surface area contributed by atoms with Crippen LogP contribution in [-0.4, -0.2) is 53.1 Å². The number of hydrogen-bond acceptors (Lipinski definition) is 3. The second-order valence-electron chi connectivity index (χ2n) is 5.52. The van der Waals surface area contributed by atoms with Crippen LogP contribution < -0.4 is 0 Å². The van der Waals surface area contributed by atoms with Gasteiger partial charge in [0.2, 0.25) is 0 Å². The van der Waals surface area contributed by atoms with Crippen molar-refractivity contribution in [1.82, 2.24) is 9.80 Å². The maximum Gasteiger partial charge on any atom is 0.416 e. The largest absolute Gasteiger partial charge is 0.480 e. The highest BCUT2D eigenvalue weighted by Gasteiger charge is 2.30. The molecule has 122 valence electrons. The first-order valence-electron chi connectivity index (χ1n) is 7.12. The lowest BCUT2D eigenvalue weighted by molar-refractivity contribution is -0.143. The van der Waals surface area contributed by atoms with Crippen molar-refractivity contribution in [2.45, 2.75) is 25.7 Å². The average Bonchev–Trinajstić information content (AvgIpc) is 2.46. The number of carboxylic acid groups (broad SMARTS) is 1. The van der Waals surface area contributed by atoms with Gasteiger partial charge in [0.15, 0.2) is 0 Å². The molecule has 1 fully saturated rings. The van der Waals surface area contributed by atoms with Crippen LogP contribution in [0, 0.1) is 0 Å². The number of benzene rings is 1. The molecule has 0 aromatic heterocycles. The molecule has 1 aliphatic heterocycles. The van der Waals surface area contributed by atoms with E-state index in [9.17, 15) is 18.0 Å². The quantitative estimate of drug-likeness (QED) is 0.926. The summed E-state index contributed by atoms with van der Waals surface area (Å²) in [4.78, 5) is 14.8. The second-order valence-corrected chi connectivity index (χ2v) is 5.52. The summed E-state index contributed by atoms with van der Waals surface area (Å²) in [6.45, 7) is 4.59. The monoisotopic (exact) mass is 316 g/mol. The number of nitrogens with zero attached hydrogens (tertiary/aromatic N) is 2. The van der Waals surface area contributed by atoms with E-state index in [-0.39, 0.29) is 0 Å². The summed E-state index contributed by atoms with van der Waals surface area (Å²) in [5.74, 6) is -0.855. The fraction of sp³-hybridized carbons (Fsp3) is 0.533. The normalized spacial score (nSPS) is 19.1. The van der Waals surface area contributed by atoms with Gasteiger partial charge in [-0.05, 0) is 18.6 Å². The Hall–Kier alpha value is -1.60. The van der Waals surface area contributed by atoms with Crippen LogP contribution >= 0.6 is 0 Å². The van der Waals surface area contributed by atoms with Crippen molar-refractivity contribution < 1.29 is 23.1 Å². The zero-order valence-corrected chi connectivity index (χ0v) is 12.3. The molecule has 0 aliphatic carbocycles. The molecule has 1 N–H and O–H groups in total. The van der Waals surface area contributed by atoms with Gasteiger partial charge < -0.3 is 5.11 Å². The molecule has 1 heterocycles. The van der Waals surface area contributed by atoms with Gasteiger partial charge in [-0.3, -0.25) is 14.6 Å². The van der Waals surface area contributed by atoms with Crippen LogP contribution in [0.1, 0.15) is 18.1 Å². The van der Waals surface area contributed by atoms with Crippen LogP contribution in [0.4, 0.5) is 13.2 Å². The number of alkyl halides is 3. The third kappa shape index (κ3) is 4.20. The van der Waals surface area contributed by atoms with Gasteiger partial charge >= 0.3 is 12.1 Å². The predicted octanol–water partition coefficient (Wildman–Crippen LogP) is 2.30. The molecule has 1 aromatic carbocycles. The lowest BCUT2D eigenvalue weighted by Gasteiger charge is -2.36. The van der Waals surface area contributed by atoms with E-state index in [2.05, 4.69) is 0 Å². The molecule has 0 saturated carbocycles. The van der Waals surface area contributed by atoms with Crippen molar-refractivity contribution in [3.05, 3.63) is 35.4 Å². The van der Waals surface area contributed by atoms with E-state index in [4.69, 9.17) is 5.11 Å². The molecule has 2 rings (SSSR count). The summed E-state index contributed by atoms with van der Waals surface area (Å²) in [6.07, 6.45) is -4.33. The van der Waals surface area contributed by atoms with Gasteiger partial charge in [-0.1, -0.05) is 18.2 Å². The molecule has 0 spiro atoms. The van der Waals surface area contributed by atoms with Gasteiger partial charge in [0, 0.05) is 32.7 Å². The second kappa shape index (κ2) is 6.66. The van der Waals surface area contributed by atoms with Crippen LogP contribution in [0.5, 0.6) is 0 Å². The molecule has 0 bridgehead atoms. The van der Waals surface area contributed by atoms with Crippen LogP contribution in [0.2, 0.25) is 0 Å². The van der Waals surface area contributed by atoms with Gasteiger partial charge in [-0.25, -0.2) is 0 Å². The summed E-state index contributed by atoms with van der Waals surface area (Å²) in [7, 11) is 0. The number of carbonyl (C=O) groups is 1. The minimum absolute atomic E-state index is 0.444. The number of piperazine rings is 1. The van der Waals surface area contributed by atoms with Gasteiger partial charge in [-0.15, -0.1) is 0 Å². The summed E-state index contributed by atoms with van der Waals surface area (Å²) >= 11 is 0. The zero-order chi connectivity index (χ0) is 16.3. The third-order valence-corrected chi connectivity index (χ3v) is 3.97. The van der Waals surface area contributed by atoms with E-state index in [0.29, 0.717) is 38.3 Å². The summed E-state index contributed by atoms with van der Waals surface area (Å²) in [5, 5.41) is 8.98. The van der Waals surface area contributed by atoms with Crippen molar-refractivity contribution in [2.75, 3.05) is 26.2 Å². The summed E-state index contributed by atoms with van der Waals surface area (Å²) in [5.41, 5.74) is -0.0160.